The number of hydrogen-bond donors (Lipinski definition) is 1. The van der Waals surface area contributed by atoms with Crippen LogP contribution >= 0.6 is 11.3 Å². The lowest BCUT2D eigenvalue weighted by Gasteiger charge is -2.22. The van der Waals surface area contributed by atoms with Crippen molar-refractivity contribution in [2.24, 2.45) is 5.73 Å². The molecule has 126 valence electrons. The van der Waals surface area contributed by atoms with E-state index in [1.54, 1.807) is 27.8 Å². The molecule has 0 aliphatic carbocycles. The van der Waals surface area contributed by atoms with Gasteiger partial charge < -0.3 is 5.73 Å². The van der Waals surface area contributed by atoms with Gasteiger partial charge in [-0.1, -0.05) is 20.8 Å². The number of nitrogens with two attached hydrogens (primary N) is 1. The lowest BCUT2D eigenvalue weighted by molar-refractivity contribution is 0.393. The summed E-state index contributed by atoms with van der Waals surface area (Å²) in [7, 11) is -3.49. The molecule has 2 heterocycles. The van der Waals surface area contributed by atoms with Crippen molar-refractivity contribution in [1.82, 2.24) is 9.29 Å². The number of fused-ring (bicyclic) bond motifs is 1. The molecule has 1 aliphatic rings. The fraction of sp³-hybridized carbons (Fsp3) is 0.562. The summed E-state index contributed by atoms with van der Waals surface area (Å²) in [6, 6.07) is 5.14. The second kappa shape index (κ2) is 5.81. The number of rotatable bonds is 3. The highest BCUT2D eigenvalue weighted by Gasteiger charge is 2.34. The molecule has 1 saturated heterocycles. The number of benzene rings is 1. The molecule has 0 spiro atoms. The Morgan fingerprint density at radius 1 is 1.39 bits per heavy atom. The fourth-order valence-electron chi connectivity index (χ4n) is 2.88. The van der Waals surface area contributed by atoms with Gasteiger partial charge in [-0.3, -0.25) is 0 Å². The first kappa shape index (κ1) is 16.8. The zero-order valence-corrected chi connectivity index (χ0v) is 15.4. The van der Waals surface area contributed by atoms with E-state index in [1.165, 1.54) is 0 Å². The van der Waals surface area contributed by atoms with Crippen molar-refractivity contribution in [3.05, 3.63) is 23.2 Å². The highest BCUT2D eigenvalue weighted by molar-refractivity contribution is 7.89. The highest BCUT2D eigenvalue weighted by atomic mass is 32.2. The van der Waals surface area contributed by atoms with E-state index in [0.717, 1.165) is 28.1 Å². The number of nitrogens with zero attached hydrogens (tertiary/aromatic N) is 2. The van der Waals surface area contributed by atoms with Crippen molar-refractivity contribution in [2.45, 2.75) is 50.0 Å². The van der Waals surface area contributed by atoms with Crippen LogP contribution in [-0.4, -0.2) is 36.8 Å². The minimum atomic E-state index is -3.49. The van der Waals surface area contributed by atoms with Crippen molar-refractivity contribution in [2.75, 3.05) is 13.1 Å². The van der Waals surface area contributed by atoms with Gasteiger partial charge >= 0.3 is 0 Å². The van der Waals surface area contributed by atoms with E-state index in [9.17, 15) is 8.42 Å². The summed E-state index contributed by atoms with van der Waals surface area (Å²) in [6.45, 7) is 7.25. The summed E-state index contributed by atoms with van der Waals surface area (Å²) < 4.78 is 28.3. The van der Waals surface area contributed by atoms with E-state index in [1.807, 2.05) is 6.07 Å². The molecule has 0 saturated carbocycles. The molecule has 0 radical (unpaired) electrons. The molecule has 2 aromatic rings. The van der Waals surface area contributed by atoms with Gasteiger partial charge in [-0.05, 0) is 31.0 Å². The molecule has 1 unspecified atom stereocenters. The van der Waals surface area contributed by atoms with Crippen LogP contribution in [0, 0.1) is 0 Å². The molecular formula is C16H23N3O2S2. The molecule has 5 nitrogen and oxygen atoms in total. The molecular weight excluding hydrogens is 330 g/mol. The van der Waals surface area contributed by atoms with Crippen LogP contribution in [0.2, 0.25) is 0 Å². The summed E-state index contributed by atoms with van der Waals surface area (Å²) in [4.78, 5) is 4.97. The predicted octanol–water partition coefficient (Wildman–Crippen LogP) is 2.71. The Kier molecular flexibility index (Phi) is 4.25. The molecule has 1 aromatic heterocycles. The van der Waals surface area contributed by atoms with Gasteiger partial charge in [0.2, 0.25) is 10.0 Å². The average Bonchev–Trinajstić information content (AvgIpc) is 3.12. The van der Waals surface area contributed by atoms with Crippen LogP contribution < -0.4 is 5.73 Å². The van der Waals surface area contributed by atoms with E-state index in [2.05, 4.69) is 25.8 Å². The van der Waals surface area contributed by atoms with Crippen LogP contribution in [0.3, 0.4) is 0 Å². The zero-order chi connectivity index (χ0) is 16.8. The Balaban J connectivity index is 2.03. The van der Waals surface area contributed by atoms with Gasteiger partial charge in [0.05, 0.1) is 20.1 Å². The van der Waals surface area contributed by atoms with Crippen molar-refractivity contribution >= 4 is 31.6 Å². The van der Waals surface area contributed by atoms with E-state index in [-0.39, 0.29) is 11.5 Å². The minimum absolute atomic E-state index is 0.0394. The fourth-order valence-corrected chi connectivity index (χ4v) is 5.75. The SMILES string of the molecule is CC(C)(C)c1nc2ccc(S(=O)(=O)N3CCCC3CN)cc2s1. The smallest absolute Gasteiger partial charge is 0.243 e. The molecule has 2 N–H and O–H groups in total. The normalized spacial score (nSPS) is 20.4. The Hall–Kier alpha value is -1.02. The summed E-state index contributed by atoms with van der Waals surface area (Å²) in [5.41, 5.74) is 6.54. The van der Waals surface area contributed by atoms with Gasteiger partial charge in [0.1, 0.15) is 0 Å². The first-order valence-corrected chi connectivity index (χ1v) is 10.1. The van der Waals surface area contributed by atoms with Crippen molar-refractivity contribution in [3.63, 3.8) is 0 Å². The number of sulfonamides is 1. The summed E-state index contributed by atoms with van der Waals surface area (Å²) in [6.07, 6.45) is 1.71. The second-order valence-electron chi connectivity index (χ2n) is 7.05. The quantitative estimate of drug-likeness (QED) is 0.920. The van der Waals surface area contributed by atoms with Crippen LogP contribution in [0.25, 0.3) is 10.2 Å². The number of hydrogen-bond acceptors (Lipinski definition) is 5. The van der Waals surface area contributed by atoms with Gasteiger partial charge in [-0.25, -0.2) is 13.4 Å². The van der Waals surface area contributed by atoms with Gasteiger partial charge in [0.15, 0.2) is 0 Å². The van der Waals surface area contributed by atoms with Gasteiger partial charge in [-0.15, -0.1) is 11.3 Å². The molecule has 0 bridgehead atoms. The third kappa shape index (κ3) is 3.03. The first-order chi connectivity index (χ1) is 10.7. The van der Waals surface area contributed by atoms with Gasteiger partial charge in [0, 0.05) is 24.5 Å². The molecule has 0 amide bonds. The van der Waals surface area contributed by atoms with E-state index in [4.69, 9.17) is 5.73 Å². The van der Waals surface area contributed by atoms with E-state index in [0.29, 0.717) is 18.0 Å². The van der Waals surface area contributed by atoms with Crippen LogP contribution in [0.5, 0.6) is 0 Å². The Morgan fingerprint density at radius 3 is 2.78 bits per heavy atom. The number of aromatic nitrogens is 1. The topological polar surface area (TPSA) is 76.3 Å². The van der Waals surface area contributed by atoms with Crippen LogP contribution in [0.15, 0.2) is 23.1 Å². The highest BCUT2D eigenvalue weighted by Crippen LogP contribution is 2.33. The Morgan fingerprint density at radius 2 is 2.13 bits per heavy atom. The van der Waals surface area contributed by atoms with Gasteiger partial charge in [0.25, 0.3) is 0 Å². The zero-order valence-electron chi connectivity index (χ0n) is 13.7. The second-order valence-corrected chi connectivity index (χ2v) is 9.97. The molecule has 1 fully saturated rings. The van der Waals surface area contributed by atoms with Crippen LogP contribution in [0.1, 0.15) is 38.6 Å². The average molecular weight is 354 g/mol. The van der Waals surface area contributed by atoms with Crippen molar-refractivity contribution in [1.29, 1.82) is 0 Å². The molecule has 3 rings (SSSR count). The van der Waals surface area contributed by atoms with Crippen LogP contribution in [-0.2, 0) is 15.4 Å². The maximum absolute atomic E-state index is 12.9. The Bertz CT molecular complexity index is 821. The molecule has 1 aromatic carbocycles. The lowest BCUT2D eigenvalue weighted by Crippen LogP contribution is -2.39. The largest absolute Gasteiger partial charge is 0.329 e. The van der Waals surface area contributed by atoms with Crippen molar-refractivity contribution in [3.8, 4) is 0 Å². The standard InChI is InChI=1S/C16H23N3O2S2/c1-16(2,3)15-18-13-7-6-12(9-14(13)22-15)23(20,21)19-8-4-5-11(19)10-17/h6-7,9,11H,4-5,8,10,17H2,1-3H3. The maximum Gasteiger partial charge on any atom is 0.243 e. The summed E-state index contributed by atoms with van der Waals surface area (Å²) in [5.74, 6) is 0. The summed E-state index contributed by atoms with van der Waals surface area (Å²) >= 11 is 1.56. The molecule has 1 aliphatic heterocycles. The number of thiazole rings is 1. The van der Waals surface area contributed by atoms with E-state index < -0.39 is 10.0 Å². The minimum Gasteiger partial charge on any atom is -0.329 e. The summed E-state index contributed by atoms with van der Waals surface area (Å²) in [5, 5.41) is 1.02. The monoisotopic (exact) mass is 353 g/mol. The maximum atomic E-state index is 12.9. The van der Waals surface area contributed by atoms with Crippen LogP contribution in [0.4, 0.5) is 0 Å². The molecule has 1 atom stereocenters. The molecule has 7 heteroatoms. The van der Waals surface area contributed by atoms with Crippen molar-refractivity contribution < 1.29 is 8.42 Å². The Labute approximate surface area is 141 Å². The third-order valence-electron chi connectivity index (χ3n) is 4.20. The first-order valence-electron chi connectivity index (χ1n) is 7.86. The lowest BCUT2D eigenvalue weighted by atomic mass is 9.98. The molecule has 23 heavy (non-hydrogen) atoms. The van der Waals surface area contributed by atoms with E-state index >= 15 is 0 Å². The predicted molar refractivity (Wildman–Crippen MR) is 94.3 cm³/mol. The third-order valence-corrected chi connectivity index (χ3v) is 7.60. The van der Waals surface area contributed by atoms with Gasteiger partial charge in [-0.2, -0.15) is 4.31 Å².